The van der Waals surface area contributed by atoms with E-state index < -0.39 is 5.91 Å². The summed E-state index contributed by atoms with van der Waals surface area (Å²) >= 11 is 0. The molecule has 0 radical (unpaired) electrons. The third kappa shape index (κ3) is 4.29. The summed E-state index contributed by atoms with van der Waals surface area (Å²) in [5.41, 5.74) is 2.55. The van der Waals surface area contributed by atoms with E-state index >= 15 is 0 Å². The molecule has 0 spiro atoms. The predicted octanol–water partition coefficient (Wildman–Crippen LogP) is 5.04. The highest BCUT2D eigenvalue weighted by Crippen LogP contribution is 2.36. The Balaban J connectivity index is 1.87. The monoisotopic (exact) mass is 374 g/mol. The summed E-state index contributed by atoms with van der Waals surface area (Å²) in [5, 5.41) is 5.72. The van der Waals surface area contributed by atoms with Crippen LogP contribution in [0.25, 0.3) is 0 Å². The average molecular weight is 374 g/mol. The predicted molar refractivity (Wildman–Crippen MR) is 107 cm³/mol. The summed E-state index contributed by atoms with van der Waals surface area (Å²) in [6.45, 7) is 2.03. The van der Waals surface area contributed by atoms with Gasteiger partial charge in [-0.15, -0.1) is 4.91 Å². The van der Waals surface area contributed by atoms with Gasteiger partial charge in [-0.05, 0) is 41.4 Å². The van der Waals surface area contributed by atoms with Gasteiger partial charge in [0.15, 0.2) is 11.4 Å². The number of amides is 1. The highest BCUT2D eigenvalue weighted by molar-refractivity contribution is 6.08. The van der Waals surface area contributed by atoms with E-state index in [0.717, 1.165) is 5.56 Å². The van der Waals surface area contributed by atoms with Crippen molar-refractivity contribution in [1.82, 2.24) is 0 Å². The van der Waals surface area contributed by atoms with Gasteiger partial charge in [-0.3, -0.25) is 9.59 Å². The van der Waals surface area contributed by atoms with Crippen molar-refractivity contribution in [1.29, 1.82) is 0 Å². The lowest BCUT2D eigenvalue weighted by atomic mass is 10.1. The van der Waals surface area contributed by atoms with Crippen LogP contribution in [-0.2, 0) is 6.61 Å². The number of ether oxygens (including phenoxy) is 1. The van der Waals surface area contributed by atoms with Gasteiger partial charge in [-0.25, -0.2) is 0 Å². The van der Waals surface area contributed by atoms with Crippen LogP contribution in [0.4, 0.5) is 11.4 Å². The minimum atomic E-state index is -0.512. The molecule has 0 unspecified atom stereocenters. The Morgan fingerprint density at radius 2 is 1.86 bits per heavy atom. The van der Waals surface area contributed by atoms with Crippen molar-refractivity contribution in [2.24, 2.45) is 5.18 Å². The molecule has 140 valence electrons. The molecule has 3 aromatic carbocycles. The number of rotatable bonds is 7. The van der Waals surface area contributed by atoms with Crippen LogP contribution in [0.1, 0.15) is 31.8 Å². The maximum Gasteiger partial charge on any atom is 0.258 e. The first-order valence-electron chi connectivity index (χ1n) is 8.62. The van der Waals surface area contributed by atoms with Gasteiger partial charge in [0.1, 0.15) is 12.9 Å². The minimum absolute atomic E-state index is 0.0556. The van der Waals surface area contributed by atoms with E-state index in [-0.39, 0.29) is 23.6 Å². The van der Waals surface area contributed by atoms with Gasteiger partial charge in [-0.1, -0.05) is 48.5 Å². The number of hydrogen-bond donors (Lipinski definition) is 1. The molecule has 0 aromatic heterocycles. The number of nitrogens with one attached hydrogen (secondary N) is 1. The van der Waals surface area contributed by atoms with E-state index in [1.54, 1.807) is 37.3 Å². The Labute approximate surface area is 162 Å². The molecule has 0 aliphatic rings. The molecule has 1 amide bonds. The Bertz CT molecular complexity index is 1020. The zero-order valence-electron chi connectivity index (χ0n) is 15.2. The van der Waals surface area contributed by atoms with Crippen molar-refractivity contribution in [3.05, 3.63) is 93.9 Å². The van der Waals surface area contributed by atoms with Crippen LogP contribution in [0.3, 0.4) is 0 Å². The maximum absolute atomic E-state index is 12.7. The van der Waals surface area contributed by atoms with Gasteiger partial charge in [0, 0.05) is 11.3 Å². The van der Waals surface area contributed by atoms with Crippen molar-refractivity contribution >= 4 is 23.6 Å². The van der Waals surface area contributed by atoms with E-state index in [1.165, 1.54) is 6.07 Å². The normalized spacial score (nSPS) is 10.2. The lowest BCUT2D eigenvalue weighted by molar-refractivity contribution is 0.102. The second kappa shape index (κ2) is 8.73. The lowest BCUT2D eigenvalue weighted by Crippen LogP contribution is -2.13. The fraction of sp³-hybridized carbons (Fsp3) is 0.0909. The summed E-state index contributed by atoms with van der Waals surface area (Å²) in [6.07, 6.45) is 0.690. The molecule has 0 aliphatic carbocycles. The van der Waals surface area contributed by atoms with Crippen LogP contribution in [-0.4, -0.2) is 12.2 Å². The molecule has 3 rings (SSSR count). The Kier molecular flexibility index (Phi) is 5.91. The van der Waals surface area contributed by atoms with E-state index in [2.05, 4.69) is 10.5 Å². The third-order valence-electron chi connectivity index (χ3n) is 4.17. The van der Waals surface area contributed by atoms with E-state index in [4.69, 9.17) is 4.74 Å². The van der Waals surface area contributed by atoms with Crippen LogP contribution in [0.5, 0.6) is 5.75 Å². The molecule has 0 saturated heterocycles. The minimum Gasteiger partial charge on any atom is -0.486 e. The number of anilines is 1. The molecular weight excluding hydrogens is 356 g/mol. The van der Waals surface area contributed by atoms with Crippen molar-refractivity contribution < 1.29 is 14.3 Å². The van der Waals surface area contributed by atoms with Crippen molar-refractivity contribution in [3.63, 3.8) is 0 Å². The number of hydrogen-bond acceptors (Lipinski definition) is 5. The molecule has 0 heterocycles. The maximum atomic E-state index is 12.7. The fourth-order valence-electron chi connectivity index (χ4n) is 2.75. The second-order valence-corrected chi connectivity index (χ2v) is 6.17. The zero-order valence-corrected chi connectivity index (χ0v) is 15.2. The van der Waals surface area contributed by atoms with Crippen LogP contribution >= 0.6 is 0 Å². The largest absolute Gasteiger partial charge is 0.486 e. The summed E-state index contributed by atoms with van der Waals surface area (Å²) in [7, 11) is 0. The molecule has 0 fully saturated rings. The Hall–Kier alpha value is -3.80. The number of benzene rings is 3. The quantitative estimate of drug-likeness (QED) is 0.464. The lowest BCUT2D eigenvalue weighted by Gasteiger charge is -2.14. The first kappa shape index (κ1) is 19.0. The van der Waals surface area contributed by atoms with Crippen LogP contribution in [0.2, 0.25) is 0 Å². The molecule has 0 bridgehead atoms. The van der Waals surface area contributed by atoms with Crippen molar-refractivity contribution in [2.45, 2.75) is 13.5 Å². The smallest absolute Gasteiger partial charge is 0.258 e. The van der Waals surface area contributed by atoms with E-state index in [0.29, 0.717) is 23.1 Å². The molecule has 0 saturated carbocycles. The number of carbonyl (C=O) groups excluding carboxylic acids is 2. The molecule has 0 aliphatic heterocycles. The highest BCUT2D eigenvalue weighted by atomic mass is 16.5. The number of nitrogens with zero attached hydrogens (tertiary/aromatic N) is 1. The van der Waals surface area contributed by atoms with E-state index in [1.807, 2.05) is 30.3 Å². The first-order valence-corrected chi connectivity index (χ1v) is 8.62. The molecule has 6 nitrogen and oxygen atoms in total. The van der Waals surface area contributed by atoms with E-state index in [9.17, 15) is 14.5 Å². The number of aryl methyl sites for hydroxylation is 1. The average Bonchev–Trinajstić information content (AvgIpc) is 2.73. The zero-order chi connectivity index (χ0) is 19.9. The van der Waals surface area contributed by atoms with Gasteiger partial charge in [0.2, 0.25) is 0 Å². The topological polar surface area (TPSA) is 84.8 Å². The molecule has 6 heteroatoms. The number of aldehydes is 1. The molecule has 28 heavy (non-hydrogen) atoms. The van der Waals surface area contributed by atoms with Gasteiger partial charge < -0.3 is 10.1 Å². The summed E-state index contributed by atoms with van der Waals surface area (Å²) in [5.74, 6) is -0.240. The van der Waals surface area contributed by atoms with Gasteiger partial charge >= 0.3 is 0 Å². The molecular formula is C22H18N2O4. The van der Waals surface area contributed by atoms with Gasteiger partial charge in [-0.2, -0.15) is 0 Å². The summed E-state index contributed by atoms with van der Waals surface area (Å²) in [6, 6.07) is 19.2. The molecule has 0 atom stereocenters. The third-order valence-corrected chi connectivity index (χ3v) is 4.17. The van der Waals surface area contributed by atoms with Crippen LogP contribution in [0, 0.1) is 11.8 Å². The second-order valence-electron chi connectivity index (χ2n) is 6.17. The van der Waals surface area contributed by atoms with Crippen molar-refractivity contribution in [2.75, 3.05) is 5.32 Å². The first-order chi connectivity index (χ1) is 13.6. The molecule has 1 N–H and O–H groups in total. The summed E-state index contributed by atoms with van der Waals surface area (Å²) < 4.78 is 5.80. The summed E-state index contributed by atoms with van der Waals surface area (Å²) in [4.78, 5) is 35.1. The van der Waals surface area contributed by atoms with Crippen LogP contribution < -0.4 is 10.1 Å². The molecule has 3 aromatic rings. The highest BCUT2D eigenvalue weighted by Gasteiger charge is 2.19. The Morgan fingerprint density at radius 3 is 2.57 bits per heavy atom. The fourth-order valence-corrected chi connectivity index (χ4v) is 2.75. The van der Waals surface area contributed by atoms with Gasteiger partial charge in [0.05, 0.1) is 5.56 Å². The van der Waals surface area contributed by atoms with Crippen LogP contribution in [0.15, 0.2) is 71.9 Å². The van der Waals surface area contributed by atoms with Gasteiger partial charge in [0.25, 0.3) is 5.91 Å². The number of nitroso groups, excluding NO2 is 1. The SMILES string of the molecule is Cc1ccc(C(=O)Nc2cccc(C=O)c2)c(N=O)c1OCc1ccccc1. The number of carbonyl (C=O) groups is 2. The van der Waals surface area contributed by atoms with Crippen molar-refractivity contribution in [3.8, 4) is 5.75 Å². The standard InChI is InChI=1S/C22H18N2O4/c1-15-10-11-19(22(26)23-18-9-5-8-17(12-18)13-25)20(24-27)21(15)28-14-16-6-3-2-4-7-16/h2-13H,14H2,1H3,(H,23,26). The Morgan fingerprint density at radius 1 is 1.07 bits per heavy atom.